The number of aliphatic carboxylic acids is 1. The first-order valence-electron chi connectivity index (χ1n) is 6.13. The van der Waals surface area contributed by atoms with Crippen LogP contribution in [0.25, 0.3) is 0 Å². The van der Waals surface area contributed by atoms with E-state index in [0.29, 0.717) is 0 Å². The van der Waals surface area contributed by atoms with Crippen molar-refractivity contribution in [3.63, 3.8) is 0 Å². The summed E-state index contributed by atoms with van der Waals surface area (Å²) in [7, 11) is 2.01. The first-order valence-corrected chi connectivity index (χ1v) is 6.13. The molecule has 0 radical (unpaired) electrons. The number of nitrogens with one attached hydrogen (secondary N) is 1. The molecule has 0 aromatic heterocycles. The minimum absolute atomic E-state index is 0.0850. The van der Waals surface area contributed by atoms with E-state index in [4.69, 9.17) is 5.11 Å². The summed E-state index contributed by atoms with van der Waals surface area (Å²) in [5.74, 6) is -2.52. The summed E-state index contributed by atoms with van der Waals surface area (Å²) in [6, 6.07) is 0.0850. The van der Waals surface area contributed by atoms with Crippen LogP contribution in [0.15, 0.2) is 0 Å². The zero-order valence-corrected chi connectivity index (χ0v) is 10.8. The fraction of sp³-hybridized carbons (Fsp3) is 0.833. The van der Waals surface area contributed by atoms with Crippen molar-refractivity contribution in [2.45, 2.75) is 32.7 Å². The van der Waals surface area contributed by atoms with Gasteiger partial charge < -0.3 is 15.3 Å². The molecule has 1 rings (SSSR count). The standard InChI is InChI=1S/C12H22N2O3/c1-8(2)10(12(16)17)11(15)13-9-5-4-6-14(3)7-9/h8-10H,4-7H2,1-3H3,(H,13,15)(H,16,17). The summed E-state index contributed by atoms with van der Waals surface area (Å²) >= 11 is 0. The fourth-order valence-corrected chi connectivity index (χ4v) is 2.28. The third-order valence-corrected chi connectivity index (χ3v) is 3.19. The van der Waals surface area contributed by atoms with Gasteiger partial charge in [-0.2, -0.15) is 0 Å². The molecular weight excluding hydrogens is 220 g/mol. The van der Waals surface area contributed by atoms with Gasteiger partial charge in [0.1, 0.15) is 5.92 Å². The molecule has 1 saturated heterocycles. The van der Waals surface area contributed by atoms with Gasteiger partial charge in [-0.05, 0) is 32.4 Å². The first-order chi connectivity index (χ1) is 7.91. The normalized spacial score (nSPS) is 23.4. The molecule has 1 aliphatic heterocycles. The summed E-state index contributed by atoms with van der Waals surface area (Å²) in [5.41, 5.74) is 0. The van der Waals surface area contributed by atoms with Gasteiger partial charge in [0, 0.05) is 12.6 Å². The van der Waals surface area contributed by atoms with Crippen LogP contribution >= 0.6 is 0 Å². The van der Waals surface area contributed by atoms with Crippen LogP contribution < -0.4 is 5.32 Å². The van der Waals surface area contributed by atoms with Crippen LogP contribution in [0, 0.1) is 11.8 Å². The Morgan fingerprint density at radius 3 is 2.53 bits per heavy atom. The van der Waals surface area contributed by atoms with Gasteiger partial charge in [0.05, 0.1) is 0 Å². The predicted molar refractivity (Wildman–Crippen MR) is 64.6 cm³/mol. The van der Waals surface area contributed by atoms with Crippen molar-refractivity contribution in [1.29, 1.82) is 0 Å². The lowest BCUT2D eigenvalue weighted by Crippen LogP contribution is -2.49. The number of likely N-dealkylation sites (tertiary alicyclic amines) is 1. The molecule has 0 spiro atoms. The Bertz CT molecular complexity index is 291. The number of carboxylic acids is 1. The van der Waals surface area contributed by atoms with E-state index in [-0.39, 0.29) is 17.9 Å². The van der Waals surface area contributed by atoms with Gasteiger partial charge >= 0.3 is 5.97 Å². The van der Waals surface area contributed by atoms with Crippen molar-refractivity contribution in [2.75, 3.05) is 20.1 Å². The van der Waals surface area contributed by atoms with Crippen molar-refractivity contribution in [1.82, 2.24) is 10.2 Å². The Morgan fingerprint density at radius 2 is 2.06 bits per heavy atom. The second-order valence-electron chi connectivity index (χ2n) is 5.17. The molecule has 98 valence electrons. The van der Waals surface area contributed by atoms with E-state index >= 15 is 0 Å². The number of hydrogen-bond acceptors (Lipinski definition) is 3. The molecule has 2 atom stereocenters. The summed E-state index contributed by atoms with van der Waals surface area (Å²) in [6.07, 6.45) is 1.97. The molecule has 5 nitrogen and oxygen atoms in total. The van der Waals surface area contributed by atoms with E-state index in [1.54, 1.807) is 13.8 Å². The van der Waals surface area contributed by atoms with E-state index in [2.05, 4.69) is 10.2 Å². The minimum atomic E-state index is -1.04. The fourth-order valence-electron chi connectivity index (χ4n) is 2.28. The first kappa shape index (κ1) is 14.0. The van der Waals surface area contributed by atoms with Crippen molar-refractivity contribution in [3.8, 4) is 0 Å². The van der Waals surface area contributed by atoms with Crippen LogP contribution in [-0.4, -0.2) is 48.1 Å². The molecule has 1 amide bonds. The Morgan fingerprint density at radius 1 is 1.41 bits per heavy atom. The summed E-state index contributed by atoms with van der Waals surface area (Å²) in [6.45, 7) is 5.35. The molecule has 2 N–H and O–H groups in total. The number of carbonyl (C=O) groups is 2. The molecular formula is C12H22N2O3. The van der Waals surface area contributed by atoms with Crippen LogP contribution in [0.5, 0.6) is 0 Å². The maximum Gasteiger partial charge on any atom is 0.316 e. The molecule has 0 aromatic carbocycles. The van der Waals surface area contributed by atoms with Crippen molar-refractivity contribution in [2.24, 2.45) is 11.8 Å². The van der Waals surface area contributed by atoms with Gasteiger partial charge in [0.2, 0.25) is 5.91 Å². The zero-order valence-electron chi connectivity index (χ0n) is 10.8. The number of amides is 1. The maximum atomic E-state index is 11.9. The predicted octanol–water partition coefficient (Wildman–Crippen LogP) is 0.554. The second-order valence-corrected chi connectivity index (χ2v) is 5.17. The lowest BCUT2D eigenvalue weighted by atomic mass is 9.94. The second kappa shape index (κ2) is 6.00. The number of carbonyl (C=O) groups excluding carboxylic acids is 1. The lowest BCUT2D eigenvalue weighted by molar-refractivity contribution is -0.149. The minimum Gasteiger partial charge on any atom is -0.481 e. The summed E-state index contributed by atoms with van der Waals surface area (Å²) in [5, 5.41) is 11.9. The smallest absolute Gasteiger partial charge is 0.316 e. The number of rotatable bonds is 4. The lowest BCUT2D eigenvalue weighted by Gasteiger charge is -2.31. The molecule has 0 bridgehead atoms. The van der Waals surface area contributed by atoms with Crippen LogP contribution in [0.4, 0.5) is 0 Å². The Labute approximate surface area is 102 Å². The van der Waals surface area contributed by atoms with Gasteiger partial charge in [-0.15, -0.1) is 0 Å². The van der Waals surface area contributed by atoms with Gasteiger partial charge in [-0.3, -0.25) is 9.59 Å². The largest absolute Gasteiger partial charge is 0.481 e. The Balaban J connectivity index is 2.54. The molecule has 5 heteroatoms. The summed E-state index contributed by atoms with van der Waals surface area (Å²) < 4.78 is 0. The number of likely N-dealkylation sites (N-methyl/N-ethyl adjacent to an activating group) is 1. The topological polar surface area (TPSA) is 69.6 Å². The van der Waals surface area contributed by atoms with Crippen LogP contribution in [0.3, 0.4) is 0 Å². The average Bonchev–Trinajstić information content (AvgIpc) is 2.15. The highest BCUT2D eigenvalue weighted by Gasteiger charge is 2.31. The highest BCUT2D eigenvalue weighted by Crippen LogP contribution is 2.14. The van der Waals surface area contributed by atoms with Gasteiger partial charge in [0.15, 0.2) is 0 Å². The zero-order chi connectivity index (χ0) is 13.0. The van der Waals surface area contributed by atoms with Gasteiger partial charge in [-0.25, -0.2) is 0 Å². The third-order valence-electron chi connectivity index (χ3n) is 3.19. The molecule has 0 saturated carbocycles. The van der Waals surface area contributed by atoms with Crippen molar-refractivity contribution < 1.29 is 14.7 Å². The molecule has 1 fully saturated rings. The van der Waals surface area contributed by atoms with Gasteiger partial charge in [0.25, 0.3) is 0 Å². The molecule has 0 aliphatic carbocycles. The van der Waals surface area contributed by atoms with E-state index in [1.807, 2.05) is 7.05 Å². The molecule has 17 heavy (non-hydrogen) atoms. The third kappa shape index (κ3) is 4.00. The molecule has 2 unspecified atom stereocenters. The Hall–Kier alpha value is -1.10. The van der Waals surface area contributed by atoms with E-state index in [9.17, 15) is 9.59 Å². The Kier molecular flexibility index (Phi) is 4.93. The van der Waals surface area contributed by atoms with Crippen molar-refractivity contribution >= 4 is 11.9 Å². The molecule has 0 aromatic rings. The quantitative estimate of drug-likeness (QED) is 0.706. The van der Waals surface area contributed by atoms with E-state index < -0.39 is 11.9 Å². The SMILES string of the molecule is CC(C)C(C(=O)O)C(=O)NC1CCCN(C)C1. The van der Waals surface area contributed by atoms with Crippen LogP contribution in [0.2, 0.25) is 0 Å². The maximum absolute atomic E-state index is 11.9. The molecule has 1 aliphatic rings. The van der Waals surface area contributed by atoms with E-state index in [0.717, 1.165) is 25.9 Å². The highest BCUT2D eigenvalue weighted by atomic mass is 16.4. The average molecular weight is 242 g/mol. The number of nitrogens with zero attached hydrogens (tertiary/aromatic N) is 1. The summed E-state index contributed by atoms with van der Waals surface area (Å²) in [4.78, 5) is 25.1. The van der Waals surface area contributed by atoms with Crippen LogP contribution in [-0.2, 0) is 9.59 Å². The van der Waals surface area contributed by atoms with Gasteiger partial charge in [-0.1, -0.05) is 13.8 Å². The van der Waals surface area contributed by atoms with E-state index in [1.165, 1.54) is 0 Å². The monoisotopic (exact) mass is 242 g/mol. The highest BCUT2D eigenvalue weighted by molar-refractivity contribution is 5.97. The number of piperidine rings is 1. The van der Waals surface area contributed by atoms with Crippen molar-refractivity contribution in [3.05, 3.63) is 0 Å². The number of hydrogen-bond donors (Lipinski definition) is 2. The van der Waals surface area contributed by atoms with Crippen LogP contribution in [0.1, 0.15) is 26.7 Å². The number of carboxylic acid groups (broad SMARTS) is 1. The molecule has 1 heterocycles.